The summed E-state index contributed by atoms with van der Waals surface area (Å²) in [4.78, 5) is 37.9. The summed E-state index contributed by atoms with van der Waals surface area (Å²) in [7, 11) is 0. The molecule has 4 aliphatic rings. The second-order valence-electron chi connectivity index (χ2n) is 8.62. The van der Waals surface area contributed by atoms with Gasteiger partial charge in [-0.1, -0.05) is 12.1 Å². The predicted octanol–water partition coefficient (Wildman–Crippen LogP) is 0.535. The van der Waals surface area contributed by atoms with E-state index in [1.165, 1.54) is 18.4 Å². The summed E-state index contributed by atoms with van der Waals surface area (Å²) >= 11 is 0. The highest BCUT2D eigenvalue weighted by molar-refractivity contribution is 6.05. The lowest BCUT2D eigenvalue weighted by molar-refractivity contribution is -0.136. The van der Waals surface area contributed by atoms with Crippen LogP contribution in [0.4, 0.5) is 0 Å². The Morgan fingerprint density at radius 3 is 2.64 bits per heavy atom. The third-order valence-corrected chi connectivity index (χ3v) is 6.84. The highest BCUT2D eigenvalue weighted by Crippen LogP contribution is 2.34. The van der Waals surface area contributed by atoms with Gasteiger partial charge in [0.2, 0.25) is 11.8 Å². The molecule has 7 heteroatoms. The van der Waals surface area contributed by atoms with Gasteiger partial charge >= 0.3 is 0 Å². The number of rotatable bonds is 4. The van der Waals surface area contributed by atoms with Crippen molar-refractivity contribution in [1.82, 2.24) is 20.9 Å². The number of nitrogens with zero attached hydrogens (tertiary/aromatic N) is 1. The number of hydrogen-bond acceptors (Lipinski definition) is 5. The molecule has 5 rings (SSSR count). The first-order chi connectivity index (χ1) is 13.6. The van der Waals surface area contributed by atoms with Crippen LogP contribution in [0.15, 0.2) is 18.2 Å². The fourth-order valence-corrected chi connectivity index (χ4v) is 5.33. The molecule has 3 unspecified atom stereocenters. The van der Waals surface area contributed by atoms with E-state index in [1.54, 1.807) is 4.90 Å². The van der Waals surface area contributed by atoms with Gasteiger partial charge in [0.05, 0.1) is 0 Å². The highest BCUT2D eigenvalue weighted by Gasteiger charge is 2.39. The van der Waals surface area contributed by atoms with Gasteiger partial charge in [0, 0.05) is 31.1 Å². The molecule has 28 heavy (non-hydrogen) atoms. The number of fused-ring (bicyclic) bond motifs is 2. The Morgan fingerprint density at radius 2 is 1.89 bits per heavy atom. The zero-order valence-electron chi connectivity index (χ0n) is 15.9. The summed E-state index contributed by atoms with van der Waals surface area (Å²) in [5, 5.41) is 9.51. The minimum Gasteiger partial charge on any atom is -0.322 e. The Bertz CT molecular complexity index is 827. The zero-order valence-corrected chi connectivity index (χ0v) is 15.9. The van der Waals surface area contributed by atoms with Crippen molar-refractivity contribution in [3.05, 3.63) is 34.9 Å². The summed E-state index contributed by atoms with van der Waals surface area (Å²) in [6.45, 7) is 3.55. The number of imide groups is 1. The van der Waals surface area contributed by atoms with Crippen molar-refractivity contribution in [2.24, 2.45) is 11.8 Å². The van der Waals surface area contributed by atoms with Crippen LogP contribution in [0.1, 0.15) is 47.2 Å². The molecule has 1 aromatic rings. The van der Waals surface area contributed by atoms with Crippen molar-refractivity contribution in [1.29, 1.82) is 0 Å². The topological polar surface area (TPSA) is 90.5 Å². The average Bonchev–Trinajstić information content (AvgIpc) is 3.34. The van der Waals surface area contributed by atoms with Crippen molar-refractivity contribution >= 4 is 17.7 Å². The SMILES string of the molecule is O=C1CCC(N2Cc3cc(CNC4CC5CNCC5C4)ccc3C2=O)C(=O)N1. The lowest BCUT2D eigenvalue weighted by Crippen LogP contribution is -2.52. The molecule has 2 saturated heterocycles. The number of carbonyl (C=O) groups is 3. The van der Waals surface area contributed by atoms with E-state index in [1.807, 2.05) is 12.1 Å². The Labute approximate surface area is 164 Å². The lowest BCUT2D eigenvalue weighted by Gasteiger charge is -2.29. The molecule has 3 atom stereocenters. The molecule has 0 bridgehead atoms. The Hall–Kier alpha value is -2.25. The van der Waals surface area contributed by atoms with Crippen molar-refractivity contribution in [2.45, 2.75) is 50.9 Å². The van der Waals surface area contributed by atoms with Crippen molar-refractivity contribution in [2.75, 3.05) is 13.1 Å². The van der Waals surface area contributed by atoms with Gasteiger partial charge in [-0.05, 0) is 61.4 Å². The van der Waals surface area contributed by atoms with Crippen LogP contribution in [0, 0.1) is 11.8 Å². The molecule has 1 saturated carbocycles. The van der Waals surface area contributed by atoms with Gasteiger partial charge in [-0.15, -0.1) is 0 Å². The van der Waals surface area contributed by atoms with Crippen LogP contribution in [0.25, 0.3) is 0 Å². The fourth-order valence-electron chi connectivity index (χ4n) is 5.33. The smallest absolute Gasteiger partial charge is 0.255 e. The van der Waals surface area contributed by atoms with E-state index in [0.29, 0.717) is 24.6 Å². The first-order valence-electron chi connectivity index (χ1n) is 10.3. The Kier molecular flexibility index (Phi) is 4.44. The molecule has 3 heterocycles. The van der Waals surface area contributed by atoms with Gasteiger partial charge in [-0.3, -0.25) is 19.7 Å². The average molecular weight is 382 g/mol. The van der Waals surface area contributed by atoms with Crippen LogP contribution >= 0.6 is 0 Å². The van der Waals surface area contributed by atoms with E-state index >= 15 is 0 Å². The lowest BCUT2D eigenvalue weighted by atomic mass is 10.0. The Balaban J connectivity index is 1.23. The molecule has 0 aromatic heterocycles. The van der Waals surface area contributed by atoms with Crippen LogP contribution in [0.3, 0.4) is 0 Å². The third kappa shape index (κ3) is 3.12. The number of hydrogen-bond donors (Lipinski definition) is 3. The van der Waals surface area contributed by atoms with E-state index in [4.69, 9.17) is 0 Å². The van der Waals surface area contributed by atoms with Crippen LogP contribution in [-0.4, -0.2) is 47.8 Å². The molecule has 3 fully saturated rings. The van der Waals surface area contributed by atoms with Gasteiger partial charge in [0.1, 0.15) is 6.04 Å². The van der Waals surface area contributed by atoms with Gasteiger partial charge in [-0.25, -0.2) is 0 Å². The minimum absolute atomic E-state index is 0.111. The quantitative estimate of drug-likeness (QED) is 0.661. The van der Waals surface area contributed by atoms with Gasteiger partial charge in [0.25, 0.3) is 5.91 Å². The summed E-state index contributed by atoms with van der Waals surface area (Å²) in [5.41, 5.74) is 2.82. The Morgan fingerprint density at radius 1 is 1.11 bits per heavy atom. The van der Waals surface area contributed by atoms with E-state index in [2.05, 4.69) is 22.0 Å². The van der Waals surface area contributed by atoms with Crippen molar-refractivity contribution in [3.8, 4) is 0 Å². The van der Waals surface area contributed by atoms with E-state index < -0.39 is 6.04 Å². The normalized spacial score (nSPS) is 31.9. The fraction of sp³-hybridized carbons (Fsp3) is 0.571. The maximum atomic E-state index is 12.8. The summed E-state index contributed by atoms with van der Waals surface area (Å²) < 4.78 is 0. The molecular weight excluding hydrogens is 356 g/mol. The van der Waals surface area contributed by atoms with E-state index in [-0.39, 0.29) is 24.1 Å². The number of amides is 3. The van der Waals surface area contributed by atoms with Crippen LogP contribution in [0.2, 0.25) is 0 Å². The molecule has 3 N–H and O–H groups in total. The molecule has 3 aliphatic heterocycles. The molecule has 3 amide bonds. The standard InChI is InChI=1S/C21H26N4O3/c26-19-4-3-18(20(27)24-19)25-11-15-5-12(1-2-17(15)21(25)28)8-23-16-6-13-9-22-10-14(13)7-16/h1-2,5,13-14,16,18,22-23H,3-4,6-11H2,(H,24,26,27). The molecule has 0 radical (unpaired) electrons. The largest absolute Gasteiger partial charge is 0.322 e. The summed E-state index contributed by atoms with van der Waals surface area (Å²) in [5.74, 6) is 0.903. The highest BCUT2D eigenvalue weighted by atomic mass is 16.2. The number of nitrogens with one attached hydrogen (secondary N) is 3. The molecule has 0 spiro atoms. The predicted molar refractivity (Wildman–Crippen MR) is 102 cm³/mol. The van der Waals surface area contributed by atoms with Crippen molar-refractivity contribution in [3.63, 3.8) is 0 Å². The zero-order chi connectivity index (χ0) is 19.3. The molecule has 148 valence electrons. The third-order valence-electron chi connectivity index (χ3n) is 6.84. The van der Waals surface area contributed by atoms with Gasteiger partial charge < -0.3 is 15.5 Å². The molecular formula is C21H26N4O3. The first-order valence-corrected chi connectivity index (χ1v) is 10.3. The molecule has 1 aliphatic carbocycles. The maximum absolute atomic E-state index is 12.8. The second-order valence-corrected chi connectivity index (χ2v) is 8.62. The first kappa shape index (κ1) is 17.8. The summed E-state index contributed by atoms with van der Waals surface area (Å²) in [6, 6.07) is 6.00. The van der Waals surface area contributed by atoms with Crippen molar-refractivity contribution < 1.29 is 14.4 Å². The maximum Gasteiger partial charge on any atom is 0.255 e. The van der Waals surface area contributed by atoms with Crippen LogP contribution in [0.5, 0.6) is 0 Å². The molecule has 1 aromatic carbocycles. The van der Waals surface area contributed by atoms with Crippen LogP contribution in [-0.2, 0) is 22.7 Å². The molecule has 7 nitrogen and oxygen atoms in total. The van der Waals surface area contributed by atoms with E-state index in [9.17, 15) is 14.4 Å². The van der Waals surface area contributed by atoms with E-state index in [0.717, 1.165) is 37.0 Å². The second kappa shape index (κ2) is 6.97. The number of carbonyl (C=O) groups excluding carboxylic acids is 3. The minimum atomic E-state index is -0.550. The van der Waals surface area contributed by atoms with Gasteiger partial charge in [-0.2, -0.15) is 0 Å². The number of piperidine rings is 1. The monoisotopic (exact) mass is 382 g/mol. The van der Waals surface area contributed by atoms with Crippen LogP contribution < -0.4 is 16.0 Å². The van der Waals surface area contributed by atoms with Gasteiger partial charge in [0.15, 0.2) is 0 Å². The number of benzene rings is 1. The summed E-state index contributed by atoms with van der Waals surface area (Å²) in [6.07, 6.45) is 3.16.